The van der Waals surface area contributed by atoms with Crippen molar-refractivity contribution in [3.8, 4) is 5.75 Å². The zero-order valence-corrected chi connectivity index (χ0v) is 11.4. The van der Waals surface area contributed by atoms with Gasteiger partial charge < -0.3 is 10.1 Å². The Labute approximate surface area is 107 Å². The van der Waals surface area contributed by atoms with Crippen LogP contribution >= 0.6 is 11.8 Å². The Morgan fingerprint density at radius 2 is 2.24 bits per heavy atom. The third-order valence-corrected chi connectivity index (χ3v) is 3.44. The molecule has 17 heavy (non-hydrogen) atoms. The molecule has 1 rings (SSSR count). The molecule has 0 amide bonds. The van der Waals surface area contributed by atoms with E-state index in [0.717, 1.165) is 12.2 Å². The van der Waals surface area contributed by atoms with Gasteiger partial charge in [-0.15, -0.1) is 0 Å². The predicted octanol–water partition coefficient (Wildman–Crippen LogP) is 3.07. The molecular formula is C13H20FNOS. The lowest BCUT2D eigenvalue weighted by molar-refractivity contribution is 0.410. The molecule has 0 fully saturated rings. The number of nitrogens with one attached hydrogen (secondary N) is 1. The SMILES string of the molecule is CCC(CSC)NCc1ccc(OC)cc1F. The second kappa shape index (κ2) is 7.56. The number of hydrogen-bond donors (Lipinski definition) is 1. The van der Waals surface area contributed by atoms with Crippen LogP contribution in [-0.4, -0.2) is 25.2 Å². The maximum atomic E-state index is 13.7. The minimum absolute atomic E-state index is 0.212. The molecule has 96 valence electrons. The average molecular weight is 257 g/mol. The summed E-state index contributed by atoms with van der Waals surface area (Å²) >= 11 is 1.80. The van der Waals surface area contributed by atoms with Gasteiger partial charge in [-0.1, -0.05) is 13.0 Å². The van der Waals surface area contributed by atoms with Crippen LogP contribution in [0.2, 0.25) is 0 Å². The molecule has 0 aromatic heterocycles. The highest BCUT2D eigenvalue weighted by Crippen LogP contribution is 2.16. The Balaban J connectivity index is 2.56. The highest BCUT2D eigenvalue weighted by molar-refractivity contribution is 7.98. The van der Waals surface area contributed by atoms with Gasteiger partial charge >= 0.3 is 0 Å². The molecule has 0 saturated carbocycles. The molecule has 4 heteroatoms. The minimum Gasteiger partial charge on any atom is -0.497 e. The van der Waals surface area contributed by atoms with E-state index in [1.807, 2.05) is 0 Å². The topological polar surface area (TPSA) is 21.3 Å². The molecule has 2 nitrogen and oxygen atoms in total. The number of hydrogen-bond acceptors (Lipinski definition) is 3. The van der Waals surface area contributed by atoms with Crippen LogP contribution in [-0.2, 0) is 6.54 Å². The molecule has 0 spiro atoms. The molecule has 0 saturated heterocycles. The van der Waals surface area contributed by atoms with Crippen LogP contribution in [0.15, 0.2) is 18.2 Å². The van der Waals surface area contributed by atoms with Crippen molar-refractivity contribution >= 4 is 11.8 Å². The monoisotopic (exact) mass is 257 g/mol. The lowest BCUT2D eigenvalue weighted by atomic mass is 10.2. The van der Waals surface area contributed by atoms with E-state index >= 15 is 0 Å². The van der Waals surface area contributed by atoms with Gasteiger partial charge in [-0.3, -0.25) is 0 Å². The number of rotatable bonds is 7. The van der Waals surface area contributed by atoms with E-state index in [9.17, 15) is 4.39 Å². The van der Waals surface area contributed by atoms with Gasteiger partial charge in [0, 0.05) is 30.0 Å². The quantitative estimate of drug-likeness (QED) is 0.811. The molecule has 0 aliphatic rings. The first-order chi connectivity index (χ1) is 8.21. The van der Waals surface area contributed by atoms with Crippen molar-refractivity contribution in [2.24, 2.45) is 0 Å². The summed E-state index contributed by atoms with van der Waals surface area (Å²) in [5, 5.41) is 3.36. The first-order valence-corrected chi connectivity index (χ1v) is 7.15. The van der Waals surface area contributed by atoms with Gasteiger partial charge in [0.05, 0.1) is 7.11 Å². The fourth-order valence-electron chi connectivity index (χ4n) is 1.57. The van der Waals surface area contributed by atoms with Gasteiger partial charge in [0.25, 0.3) is 0 Å². The number of methoxy groups -OCH3 is 1. The Kier molecular flexibility index (Phi) is 6.37. The van der Waals surface area contributed by atoms with E-state index in [1.54, 1.807) is 23.9 Å². The molecule has 0 heterocycles. The maximum Gasteiger partial charge on any atom is 0.131 e. The first-order valence-electron chi connectivity index (χ1n) is 5.76. The van der Waals surface area contributed by atoms with E-state index < -0.39 is 0 Å². The molecule has 1 aromatic carbocycles. The zero-order chi connectivity index (χ0) is 12.7. The lowest BCUT2D eigenvalue weighted by Crippen LogP contribution is -2.30. The van der Waals surface area contributed by atoms with Crippen LogP contribution in [0.3, 0.4) is 0 Å². The van der Waals surface area contributed by atoms with Crippen LogP contribution in [0.4, 0.5) is 4.39 Å². The predicted molar refractivity (Wildman–Crippen MR) is 72.3 cm³/mol. The second-order valence-electron chi connectivity index (χ2n) is 3.90. The molecule has 0 aliphatic carbocycles. The summed E-state index contributed by atoms with van der Waals surface area (Å²) in [7, 11) is 1.54. The standard InChI is InChI=1S/C13H20FNOS/c1-4-11(9-17-3)15-8-10-5-6-12(16-2)7-13(10)14/h5-7,11,15H,4,8-9H2,1-3H3. The van der Waals surface area contributed by atoms with E-state index in [0.29, 0.717) is 23.9 Å². The highest BCUT2D eigenvalue weighted by atomic mass is 32.2. The van der Waals surface area contributed by atoms with Crippen molar-refractivity contribution < 1.29 is 9.13 Å². The second-order valence-corrected chi connectivity index (χ2v) is 4.81. The third kappa shape index (κ3) is 4.56. The zero-order valence-electron chi connectivity index (χ0n) is 10.6. The Morgan fingerprint density at radius 1 is 1.47 bits per heavy atom. The normalized spacial score (nSPS) is 12.5. The van der Waals surface area contributed by atoms with Crippen molar-refractivity contribution in [1.29, 1.82) is 0 Å². The van der Waals surface area contributed by atoms with E-state index in [1.165, 1.54) is 13.2 Å². The molecule has 1 atom stereocenters. The Bertz CT molecular complexity index is 346. The van der Waals surface area contributed by atoms with Crippen molar-refractivity contribution in [3.05, 3.63) is 29.6 Å². The van der Waals surface area contributed by atoms with Gasteiger partial charge in [0.2, 0.25) is 0 Å². The van der Waals surface area contributed by atoms with Crippen LogP contribution in [0.1, 0.15) is 18.9 Å². The molecular weight excluding hydrogens is 237 g/mol. The van der Waals surface area contributed by atoms with Crippen LogP contribution in [0, 0.1) is 5.82 Å². The molecule has 1 N–H and O–H groups in total. The van der Waals surface area contributed by atoms with Crippen molar-refractivity contribution in [1.82, 2.24) is 5.32 Å². The summed E-state index contributed by atoms with van der Waals surface area (Å²) in [6, 6.07) is 5.42. The fraction of sp³-hybridized carbons (Fsp3) is 0.538. The molecule has 1 aromatic rings. The van der Waals surface area contributed by atoms with Gasteiger partial charge in [-0.2, -0.15) is 11.8 Å². The van der Waals surface area contributed by atoms with E-state index in [-0.39, 0.29) is 5.82 Å². The highest BCUT2D eigenvalue weighted by Gasteiger charge is 2.07. The minimum atomic E-state index is -0.212. The number of benzene rings is 1. The maximum absolute atomic E-state index is 13.7. The summed E-state index contributed by atoms with van der Waals surface area (Å²) in [4.78, 5) is 0. The largest absolute Gasteiger partial charge is 0.497 e. The molecule has 0 bridgehead atoms. The van der Waals surface area contributed by atoms with Crippen LogP contribution in [0.25, 0.3) is 0 Å². The van der Waals surface area contributed by atoms with Crippen LogP contribution < -0.4 is 10.1 Å². The third-order valence-electron chi connectivity index (χ3n) is 2.70. The summed E-state index contributed by atoms with van der Waals surface area (Å²) < 4.78 is 18.6. The van der Waals surface area contributed by atoms with Gasteiger partial charge in [-0.25, -0.2) is 4.39 Å². The number of ether oxygens (including phenoxy) is 1. The van der Waals surface area contributed by atoms with Crippen molar-refractivity contribution in [2.45, 2.75) is 25.9 Å². The van der Waals surface area contributed by atoms with E-state index in [4.69, 9.17) is 4.74 Å². The number of halogens is 1. The van der Waals surface area contributed by atoms with Crippen molar-refractivity contribution in [2.75, 3.05) is 19.1 Å². The van der Waals surface area contributed by atoms with Gasteiger partial charge in [0.15, 0.2) is 0 Å². The molecule has 0 aliphatic heterocycles. The van der Waals surface area contributed by atoms with Crippen LogP contribution in [0.5, 0.6) is 5.75 Å². The average Bonchev–Trinajstić information content (AvgIpc) is 2.35. The number of thioether (sulfide) groups is 1. The van der Waals surface area contributed by atoms with E-state index in [2.05, 4.69) is 18.5 Å². The fourth-order valence-corrected chi connectivity index (χ4v) is 2.33. The van der Waals surface area contributed by atoms with Gasteiger partial charge in [-0.05, 0) is 18.7 Å². The Hall–Kier alpha value is -0.740. The summed E-state index contributed by atoms with van der Waals surface area (Å²) in [6.07, 6.45) is 3.14. The molecule has 1 unspecified atom stereocenters. The smallest absolute Gasteiger partial charge is 0.131 e. The lowest BCUT2D eigenvalue weighted by Gasteiger charge is -2.16. The summed E-state index contributed by atoms with van der Waals surface area (Å²) in [6.45, 7) is 2.70. The summed E-state index contributed by atoms with van der Waals surface area (Å²) in [5.41, 5.74) is 0.686. The van der Waals surface area contributed by atoms with Gasteiger partial charge in [0.1, 0.15) is 11.6 Å². The Morgan fingerprint density at radius 3 is 2.76 bits per heavy atom. The first kappa shape index (κ1) is 14.3. The molecule has 0 radical (unpaired) electrons. The van der Waals surface area contributed by atoms with Crippen molar-refractivity contribution in [3.63, 3.8) is 0 Å². The summed E-state index contributed by atoms with van der Waals surface area (Å²) in [5.74, 6) is 1.40.